The normalized spacial score (nSPS) is 13.1. The molecule has 2 nitrogen and oxygen atoms in total. The van der Waals surface area contributed by atoms with Gasteiger partial charge in [-0.1, -0.05) is 36.7 Å². The summed E-state index contributed by atoms with van der Waals surface area (Å²) < 4.78 is 13.8. The van der Waals surface area contributed by atoms with Crippen LogP contribution in [0.5, 0.6) is 5.75 Å². The van der Waals surface area contributed by atoms with Gasteiger partial charge in [-0.25, -0.2) is 4.39 Å². The number of hydrogen-bond donors (Lipinski definition) is 2. The molecule has 5 heteroatoms. The molecule has 16 heavy (non-hydrogen) atoms. The van der Waals surface area contributed by atoms with E-state index >= 15 is 0 Å². The van der Waals surface area contributed by atoms with Crippen molar-refractivity contribution < 1.29 is 9.50 Å². The molecule has 0 fully saturated rings. The van der Waals surface area contributed by atoms with E-state index in [1.165, 1.54) is 6.07 Å². The minimum absolute atomic E-state index is 0. The van der Waals surface area contributed by atoms with Crippen LogP contribution in [0.3, 0.4) is 0 Å². The van der Waals surface area contributed by atoms with Crippen LogP contribution in [0.4, 0.5) is 4.39 Å². The van der Waals surface area contributed by atoms with Crippen molar-refractivity contribution in [3.63, 3.8) is 0 Å². The number of phenolic OH excluding ortho intramolecular Hbond substituents is 1. The predicted molar refractivity (Wildman–Crippen MR) is 69.4 cm³/mol. The zero-order valence-corrected chi connectivity index (χ0v) is 11.8. The molecule has 0 bridgehead atoms. The van der Waals surface area contributed by atoms with E-state index in [9.17, 15) is 9.50 Å². The summed E-state index contributed by atoms with van der Waals surface area (Å²) in [5.41, 5.74) is 6.16. The Labute approximate surface area is 110 Å². The Morgan fingerprint density at radius 2 is 1.88 bits per heavy atom. The minimum Gasteiger partial charge on any atom is -0.505 e. The first-order valence-electron chi connectivity index (χ1n) is 4.67. The standard InChI is InChI=1S/C11H15BrFNO.ClH/c1-11(2,3)10(14)8-6(12)4-5-7(13)9(8)15;/h4-5,10,15H,14H2,1-3H3;1H/t10-;/m0./s1. The van der Waals surface area contributed by atoms with Crippen molar-refractivity contribution in [1.29, 1.82) is 0 Å². The lowest BCUT2D eigenvalue weighted by Crippen LogP contribution is -2.26. The second-order valence-corrected chi connectivity index (χ2v) is 5.49. The van der Waals surface area contributed by atoms with E-state index < -0.39 is 11.9 Å². The Bertz CT molecular complexity index is 379. The average molecular weight is 313 g/mol. The number of hydrogen-bond acceptors (Lipinski definition) is 2. The molecular formula is C11H16BrClFNO. The van der Waals surface area contributed by atoms with Gasteiger partial charge in [0.25, 0.3) is 0 Å². The molecule has 0 amide bonds. The van der Waals surface area contributed by atoms with Crippen molar-refractivity contribution in [3.8, 4) is 5.75 Å². The first-order valence-corrected chi connectivity index (χ1v) is 5.47. The third-order valence-corrected chi connectivity index (χ3v) is 3.05. The van der Waals surface area contributed by atoms with Crippen molar-refractivity contribution in [2.75, 3.05) is 0 Å². The van der Waals surface area contributed by atoms with Crippen LogP contribution in [0, 0.1) is 11.2 Å². The highest BCUT2D eigenvalue weighted by molar-refractivity contribution is 9.10. The summed E-state index contributed by atoms with van der Waals surface area (Å²) in [6.07, 6.45) is 0. The molecule has 1 aromatic carbocycles. The van der Waals surface area contributed by atoms with E-state index in [1.807, 2.05) is 20.8 Å². The molecule has 0 aliphatic heterocycles. The molecule has 0 aliphatic carbocycles. The van der Waals surface area contributed by atoms with Crippen molar-refractivity contribution >= 4 is 28.3 Å². The summed E-state index contributed by atoms with van der Waals surface area (Å²) in [4.78, 5) is 0. The van der Waals surface area contributed by atoms with Crippen molar-refractivity contribution in [2.24, 2.45) is 11.1 Å². The van der Waals surface area contributed by atoms with E-state index in [0.717, 1.165) is 0 Å². The van der Waals surface area contributed by atoms with Gasteiger partial charge in [0.1, 0.15) is 0 Å². The second-order valence-electron chi connectivity index (χ2n) is 4.64. The van der Waals surface area contributed by atoms with E-state index in [-0.39, 0.29) is 23.6 Å². The first-order chi connectivity index (χ1) is 6.75. The molecule has 1 rings (SSSR count). The third-order valence-electron chi connectivity index (χ3n) is 2.36. The lowest BCUT2D eigenvalue weighted by molar-refractivity contribution is 0.312. The number of phenols is 1. The smallest absolute Gasteiger partial charge is 0.165 e. The molecule has 0 aromatic heterocycles. The maximum atomic E-state index is 13.2. The molecule has 3 N–H and O–H groups in total. The average Bonchev–Trinajstić information content (AvgIpc) is 2.10. The van der Waals surface area contributed by atoms with Crippen molar-refractivity contribution in [1.82, 2.24) is 0 Å². The summed E-state index contributed by atoms with van der Waals surface area (Å²) in [5, 5.41) is 9.63. The highest BCUT2D eigenvalue weighted by Gasteiger charge is 2.27. The van der Waals surface area contributed by atoms with Crippen LogP contribution in [0.15, 0.2) is 16.6 Å². The Balaban J connectivity index is 0.00000225. The SMILES string of the molecule is CC(C)(C)[C@@H](N)c1c(Br)ccc(F)c1O.Cl. The van der Waals surface area contributed by atoms with Crippen LogP contribution in [0.1, 0.15) is 32.4 Å². The molecule has 0 spiro atoms. The second kappa shape index (κ2) is 5.34. The van der Waals surface area contributed by atoms with Gasteiger partial charge in [0, 0.05) is 16.1 Å². The minimum atomic E-state index is -0.645. The molecule has 92 valence electrons. The van der Waals surface area contributed by atoms with E-state index in [4.69, 9.17) is 5.73 Å². The molecule has 0 aliphatic rings. The number of benzene rings is 1. The highest BCUT2D eigenvalue weighted by atomic mass is 79.9. The summed E-state index contributed by atoms with van der Waals surface area (Å²) in [6.45, 7) is 5.82. The van der Waals surface area contributed by atoms with Crippen LogP contribution in [0.25, 0.3) is 0 Å². The Kier molecular flexibility index (Phi) is 5.23. The third kappa shape index (κ3) is 3.09. The van der Waals surface area contributed by atoms with Crippen LogP contribution < -0.4 is 5.73 Å². The Hall–Kier alpha value is -0.320. The van der Waals surface area contributed by atoms with Crippen molar-refractivity contribution in [2.45, 2.75) is 26.8 Å². The van der Waals surface area contributed by atoms with Crippen molar-refractivity contribution in [3.05, 3.63) is 28.0 Å². The van der Waals surface area contributed by atoms with Crippen LogP contribution in [-0.2, 0) is 0 Å². The lowest BCUT2D eigenvalue weighted by Gasteiger charge is -2.28. The van der Waals surface area contributed by atoms with E-state index in [2.05, 4.69) is 15.9 Å². The molecule has 0 radical (unpaired) electrons. The van der Waals surface area contributed by atoms with E-state index in [0.29, 0.717) is 10.0 Å². The largest absolute Gasteiger partial charge is 0.505 e. The first kappa shape index (κ1) is 15.7. The summed E-state index contributed by atoms with van der Waals surface area (Å²) in [5.74, 6) is -1.01. The summed E-state index contributed by atoms with van der Waals surface area (Å²) in [6, 6.07) is 2.33. The van der Waals surface area contributed by atoms with Gasteiger partial charge in [-0.2, -0.15) is 0 Å². The Morgan fingerprint density at radius 3 is 2.31 bits per heavy atom. The summed E-state index contributed by atoms with van der Waals surface area (Å²) >= 11 is 3.27. The molecular weight excluding hydrogens is 296 g/mol. The van der Waals surface area contributed by atoms with Gasteiger partial charge in [-0.3, -0.25) is 0 Å². The van der Waals surface area contributed by atoms with Gasteiger partial charge in [0.15, 0.2) is 11.6 Å². The topological polar surface area (TPSA) is 46.2 Å². The zero-order valence-electron chi connectivity index (χ0n) is 9.42. The Morgan fingerprint density at radius 1 is 1.38 bits per heavy atom. The zero-order chi connectivity index (χ0) is 11.8. The van der Waals surface area contributed by atoms with Gasteiger partial charge in [0.05, 0.1) is 0 Å². The van der Waals surface area contributed by atoms with Crippen LogP contribution >= 0.6 is 28.3 Å². The maximum absolute atomic E-state index is 13.2. The van der Waals surface area contributed by atoms with Crippen LogP contribution in [-0.4, -0.2) is 5.11 Å². The fraction of sp³-hybridized carbons (Fsp3) is 0.455. The van der Waals surface area contributed by atoms with Gasteiger partial charge in [0.2, 0.25) is 0 Å². The molecule has 1 atom stereocenters. The van der Waals surface area contributed by atoms with Gasteiger partial charge >= 0.3 is 0 Å². The van der Waals surface area contributed by atoms with Gasteiger partial charge < -0.3 is 10.8 Å². The fourth-order valence-electron chi connectivity index (χ4n) is 1.29. The fourth-order valence-corrected chi connectivity index (χ4v) is 1.85. The molecule has 0 saturated heterocycles. The highest BCUT2D eigenvalue weighted by Crippen LogP contribution is 2.40. The molecule has 0 unspecified atom stereocenters. The quantitative estimate of drug-likeness (QED) is 0.829. The number of aromatic hydroxyl groups is 1. The molecule has 0 heterocycles. The maximum Gasteiger partial charge on any atom is 0.165 e. The monoisotopic (exact) mass is 311 g/mol. The summed E-state index contributed by atoms with van der Waals surface area (Å²) in [7, 11) is 0. The van der Waals surface area contributed by atoms with Crippen LogP contribution in [0.2, 0.25) is 0 Å². The number of halogens is 3. The van der Waals surface area contributed by atoms with Gasteiger partial charge in [-0.05, 0) is 17.5 Å². The number of rotatable bonds is 1. The molecule has 0 saturated carbocycles. The van der Waals surface area contributed by atoms with E-state index in [1.54, 1.807) is 6.07 Å². The predicted octanol–water partition coefficient (Wildman–Crippen LogP) is 3.76. The molecule has 1 aromatic rings. The lowest BCUT2D eigenvalue weighted by atomic mass is 9.82. The number of nitrogens with two attached hydrogens (primary N) is 1. The van der Waals surface area contributed by atoms with Gasteiger partial charge in [-0.15, -0.1) is 12.4 Å².